The summed E-state index contributed by atoms with van der Waals surface area (Å²) in [7, 11) is 3.12. The van der Waals surface area contributed by atoms with Gasteiger partial charge in [-0.05, 0) is 55.0 Å². The van der Waals surface area contributed by atoms with Gasteiger partial charge in [0.2, 0.25) is 5.89 Å². The average Bonchev–Trinajstić information content (AvgIpc) is 3.39. The van der Waals surface area contributed by atoms with E-state index in [0.29, 0.717) is 36.1 Å². The van der Waals surface area contributed by atoms with E-state index in [1.807, 2.05) is 12.1 Å². The van der Waals surface area contributed by atoms with Crippen LogP contribution in [0.4, 0.5) is 19.0 Å². The van der Waals surface area contributed by atoms with Gasteiger partial charge in [-0.2, -0.15) is 18.2 Å². The maximum atomic E-state index is 11.5. The highest BCUT2D eigenvalue weighted by Crippen LogP contribution is 2.31. The molecule has 0 aliphatic carbocycles. The summed E-state index contributed by atoms with van der Waals surface area (Å²) < 4.78 is 47.8. The number of aromatic nitrogens is 3. The number of anilines is 1. The number of aliphatic carboxylic acids is 2. The second-order valence-corrected chi connectivity index (χ2v) is 9.25. The molecular formula is C27H31F3N4O7. The normalized spacial score (nSPS) is 13.2. The minimum atomic E-state index is -5.08. The number of halogens is 3. The molecule has 14 heteroatoms. The first-order chi connectivity index (χ1) is 19.5. The lowest BCUT2D eigenvalue weighted by Crippen LogP contribution is -2.21. The molecule has 3 N–H and O–H groups in total. The van der Waals surface area contributed by atoms with Gasteiger partial charge in [0, 0.05) is 37.1 Å². The predicted molar refractivity (Wildman–Crippen MR) is 139 cm³/mol. The molecular weight excluding hydrogens is 549 g/mol. The van der Waals surface area contributed by atoms with E-state index in [1.54, 1.807) is 20.3 Å². The molecule has 2 aromatic heterocycles. The number of rotatable bonds is 11. The fourth-order valence-corrected chi connectivity index (χ4v) is 4.20. The molecule has 0 fully saturated rings. The van der Waals surface area contributed by atoms with E-state index in [9.17, 15) is 23.1 Å². The highest BCUT2D eigenvalue weighted by Gasteiger charge is 2.38. The lowest BCUT2D eigenvalue weighted by molar-refractivity contribution is -0.192. The number of ether oxygens (including phenoxy) is 2. The Hall–Kier alpha value is -4.36. The van der Waals surface area contributed by atoms with Crippen molar-refractivity contribution in [2.24, 2.45) is 0 Å². The second-order valence-electron chi connectivity index (χ2n) is 9.25. The molecule has 0 amide bonds. The SMILES string of the molecule is COc1cc(OC)cc(C(CC(=O)O)Cc2nc(CCCc3ccc4c(n3)NCCC4)no2)c1.O=C(O)C(F)(F)F. The predicted octanol–water partition coefficient (Wildman–Crippen LogP) is 4.45. The molecule has 41 heavy (non-hydrogen) atoms. The molecule has 0 saturated carbocycles. The number of carbonyl (C=O) groups is 2. The van der Waals surface area contributed by atoms with Gasteiger partial charge in [-0.3, -0.25) is 4.79 Å². The number of hydrogen-bond acceptors (Lipinski definition) is 9. The van der Waals surface area contributed by atoms with E-state index in [2.05, 4.69) is 27.6 Å². The molecule has 0 spiro atoms. The largest absolute Gasteiger partial charge is 0.497 e. The third-order valence-electron chi connectivity index (χ3n) is 6.22. The van der Waals surface area contributed by atoms with Gasteiger partial charge in [0.05, 0.1) is 20.6 Å². The maximum Gasteiger partial charge on any atom is 0.490 e. The molecule has 3 aromatic rings. The summed E-state index contributed by atoms with van der Waals surface area (Å²) in [5.74, 6) is -0.788. The van der Waals surface area contributed by atoms with E-state index in [4.69, 9.17) is 28.9 Å². The van der Waals surface area contributed by atoms with Gasteiger partial charge in [-0.15, -0.1) is 0 Å². The monoisotopic (exact) mass is 580 g/mol. The fraction of sp³-hybridized carbons (Fsp3) is 0.444. The van der Waals surface area contributed by atoms with Crippen molar-refractivity contribution in [2.45, 2.75) is 57.0 Å². The zero-order valence-electron chi connectivity index (χ0n) is 22.5. The molecule has 4 rings (SSSR count). The van der Waals surface area contributed by atoms with Crippen LogP contribution in [0, 0.1) is 0 Å². The molecule has 1 aliphatic rings. The summed E-state index contributed by atoms with van der Waals surface area (Å²) in [6, 6.07) is 9.63. The summed E-state index contributed by atoms with van der Waals surface area (Å²) in [6.45, 7) is 0.973. The smallest absolute Gasteiger partial charge is 0.490 e. The second kappa shape index (κ2) is 14.3. The highest BCUT2D eigenvalue weighted by atomic mass is 19.4. The van der Waals surface area contributed by atoms with Crippen molar-refractivity contribution in [2.75, 3.05) is 26.1 Å². The minimum Gasteiger partial charge on any atom is -0.497 e. The Balaban J connectivity index is 0.000000587. The summed E-state index contributed by atoms with van der Waals surface area (Å²) in [6.07, 6.45) is -0.300. The maximum absolute atomic E-state index is 11.5. The van der Waals surface area contributed by atoms with Crippen LogP contribution in [-0.2, 0) is 35.3 Å². The number of nitrogens with one attached hydrogen (secondary N) is 1. The van der Waals surface area contributed by atoms with Crippen LogP contribution in [0.5, 0.6) is 11.5 Å². The Morgan fingerprint density at radius 3 is 2.37 bits per heavy atom. The first-order valence-electron chi connectivity index (χ1n) is 12.8. The van der Waals surface area contributed by atoms with E-state index in [1.165, 1.54) is 5.56 Å². The van der Waals surface area contributed by atoms with Gasteiger partial charge in [0.15, 0.2) is 5.82 Å². The van der Waals surface area contributed by atoms with Gasteiger partial charge in [-0.25, -0.2) is 9.78 Å². The van der Waals surface area contributed by atoms with Crippen molar-refractivity contribution in [1.29, 1.82) is 0 Å². The zero-order valence-corrected chi connectivity index (χ0v) is 22.5. The molecule has 1 atom stereocenters. The van der Waals surface area contributed by atoms with Gasteiger partial charge < -0.3 is 29.5 Å². The summed E-state index contributed by atoms with van der Waals surface area (Å²) in [5.41, 5.74) is 3.11. The van der Waals surface area contributed by atoms with Crippen LogP contribution in [-0.4, -0.2) is 64.2 Å². The van der Waals surface area contributed by atoms with Crippen LogP contribution < -0.4 is 14.8 Å². The number of benzene rings is 1. The van der Waals surface area contributed by atoms with Crippen molar-refractivity contribution < 1.29 is 47.0 Å². The number of methoxy groups -OCH3 is 2. The van der Waals surface area contributed by atoms with E-state index >= 15 is 0 Å². The number of hydrogen-bond donors (Lipinski definition) is 3. The van der Waals surface area contributed by atoms with E-state index in [-0.39, 0.29) is 12.3 Å². The van der Waals surface area contributed by atoms with Gasteiger partial charge >= 0.3 is 18.1 Å². The van der Waals surface area contributed by atoms with E-state index in [0.717, 1.165) is 49.3 Å². The van der Waals surface area contributed by atoms with Crippen LogP contribution in [0.15, 0.2) is 34.9 Å². The lowest BCUT2D eigenvalue weighted by Gasteiger charge is -2.17. The topological polar surface area (TPSA) is 157 Å². The average molecular weight is 581 g/mol. The number of alkyl halides is 3. The highest BCUT2D eigenvalue weighted by molar-refractivity contribution is 5.73. The molecule has 0 bridgehead atoms. The fourth-order valence-electron chi connectivity index (χ4n) is 4.20. The molecule has 1 aromatic carbocycles. The molecule has 3 heterocycles. The van der Waals surface area contributed by atoms with Crippen molar-refractivity contribution in [3.05, 3.63) is 58.9 Å². The Labute approximate surface area is 233 Å². The first-order valence-corrected chi connectivity index (χ1v) is 12.8. The van der Waals surface area contributed by atoms with Gasteiger partial charge in [0.25, 0.3) is 0 Å². The first kappa shape index (κ1) is 31.2. The Bertz CT molecular complexity index is 1310. The third kappa shape index (κ3) is 9.65. The Kier molecular flexibility index (Phi) is 10.9. The number of pyridine rings is 1. The summed E-state index contributed by atoms with van der Waals surface area (Å²) >= 11 is 0. The molecule has 1 aliphatic heterocycles. The molecule has 11 nitrogen and oxygen atoms in total. The standard InChI is InChI=1S/C25H30N4O5.C2HF3O2/c1-32-20-11-17(12-21(15-20)33-2)18(14-24(30)31)13-23-28-22(29-34-23)7-3-6-19-9-8-16-5-4-10-26-25(16)27-19;3-2(4,5)1(6)7/h8-9,11-12,15,18H,3-7,10,13-14H2,1-2H3,(H,26,27)(H,30,31);(H,6,7). The van der Waals surface area contributed by atoms with Crippen molar-refractivity contribution in [1.82, 2.24) is 15.1 Å². The van der Waals surface area contributed by atoms with Gasteiger partial charge in [0.1, 0.15) is 17.3 Å². The summed E-state index contributed by atoms with van der Waals surface area (Å²) in [4.78, 5) is 29.6. The minimum absolute atomic E-state index is 0.0773. The molecule has 1 unspecified atom stereocenters. The van der Waals surface area contributed by atoms with Crippen LogP contribution in [0.3, 0.4) is 0 Å². The lowest BCUT2D eigenvalue weighted by atomic mass is 9.92. The quantitative estimate of drug-likeness (QED) is 0.294. The van der Waals surface area contributed by atoms with Gasteiger partial charge in [-0.1, -0.05) is 11.2 Å². The number of carboxylic acids is 2. The Morgan fingerprint density at radius 1 is 1.07 bits per heavy atom. The van der Waals surface area contributed by atoms with Crippen LogP contribution >= 0.6 is 0 Å². The number of aryl methyl sites for hydroxylation is 3. The van der Waals surface area contributed by atoms with Crippen molar-refractivity contribution in [3.8, 4) is 11.5 Å². The van der Waals surface area contributed by atoms with E-state index < -0.39 is 18.1 Å². The summed E-state index contributed by atoms with van der Waals surface area (Å²) in [5, 5.41) is 24.0. The van der Waals surface area contributed by atoms with Crippen LogP contribution in [0.1, 0.15) is 53.7 Å². The van der Waals surface area contributed by atoms with Crippen molar-refractivity contribution >= 4 is 17.8 Å². The Morgan fingerprint density at radius 2 is 1.76 bits per heavy atom. The van der Waals surface area contributed by atoms with Crippen LogP contribution in [0.2, 0.25) is 0 Å². The number of fused-ring (bicyclic) bond motifs is 1. The van der Waals surface area contributed by atoms with Crippen molar-refractivity contribution in [3.63, 3.8) is 0 Å². The zero-order chi connectivity index (χ0) is 30.0. The van der Waals surface area contributed by atoms with Crippen LogP contribution in [0.25, 0.3) is 0 Å². The number of carboxylic acid groups (broad SMARTS) is 2. The number of nitrogens with zero attached hydrogens (tertiary/aromatic N) is 3. The molecule has 0 radical (unpaired) electrons. The molecule has 222 valence electrons. The molecule has 0 saturated heterocycles. The third-order valence-corrected chi connectivity index (χ3v) is 6.22.